The molecule has 0 bridgehead atoms. The quantitative estimate of drug-likeness (QED) is 0.863. The number of anilines is 1. The number of rotatable bonds is 5. The molecule has 19 heavy (non-hydrogen) atoms. The first-order chi connectivity index (χ1) is 9.24. The monoisotopic (exact) mass is 256 g/mol. The van der Waals surface area contributed by atoms with E-state index >= 15 is 0 Å². The van der Waals surface area contributed by atoms with Gasteiger partial charge in [0.25, 0.3) is 0 Å². The summed E-state index contributed by atoms with van der Waals surface area (Å²) in [6.07, 6.45) is 0. The molecule has 0 fully saturated rings. The van der Waals surface area contributed by atoms with E-state index in [1.54, 1.807) is 0 Å². The second-order valence-corrected chi connectivity index (χ2v) is 4.66. The van der Waals surface area contributed by atoms with Crippen LogP contribution in [0, 0.1) is 0 Å². The van der Waals surface area contributed by atoms with E-state index in [4.69, 9.17) is 10.8 Å². The molecule has 0 saturated heterocycles. The molecule has 0 aliphatic heterocycles. The van der Waals surface area contributed by atoms with E-state index in [1.807, 2.05) is 36.4 Å². The van der Waals surface area contributed by atoms with Crippen LogP contribution in [0.1, 0.15) is 16.7 Å². The van der Waals surface area contributed by atoms with Crippen LogP contribution in [-0.4, -0.2) is 12.2 Å². The summed E-state index contributed by atoms with van der Waals surface area (Å²) in [6.45, 7) is 1.46. The molecule has 0 aliphatic rings. The SMILES string of the molecule is CN(Cc1ccc(CO)cc1)c1ccccc1CN. The number of aliphatic hydroxyl groups is 1. The maximum atomic E-state index is 9.03. The highest BCUT2D eigenvalue weighted by Gasteiger charge is 2.06. The van der Waals surface area contributed by atoms with Crippen molar-refractivity contribution >= 4 is 5.69 Å². The highest BCUT2D eigenvalue weighted by molar-refractivity contribution is 5.53. The third kappa shape index (κ3) is 3.34. The van der Waals surface area contributed by atoms with Crippen LogP contribution in [0.2, 0.25) is 0 Å². The van der Waals surface area contributed by atoms with E-state index in [0.29, 0.717) is 6.54 Å². The van der Waals surface area contributed by atoms with Crippen molar-refractivity contribution in [3.05, 3.63) is 65.2 Å². The first-order valence-electron chi connectivity index (χ1n) is 6.42. The fraction of sp³-hybridized carbons (Fsp3) is 0.250. The predicted molar refractivity (Wildman–Crippen MR) is 78.8 cm³/mol. The maximum absolute atomic E-state index is 9.03. The third-order valence-corrected chi connectivity index (χ3v) is 3.25. The summed E-state index contributed by atoms with van der Waals surface area (Å²) in [4.78, 5) is 2.19. The topological polar surface area (TPSA) is 49.5 Å². The summed E-state index contributed by atoms with van der Waals surface area (Å²) in [7, 11) is 2.06. The third-order valence-electron chi connectivity index (χ3n) is 3.25. The van der Waals surface area contributed by atoms with Gasteiger partial charge in [0.1, 0.15) is 0 Å². The van der Waals surface area contributed by atoms with Crippen molar-refractivity contribution in [2.24, 2.45) is 5.73 Å². The highest BCUT2D eigenvalue weighted by Crippen LogP contribution is 2.20. The molecule has 3 nitrogen and oxygen atoms in total. The van der Waals surface area contributed by atoms with Crippen molar-refractivity contribution < 1.29 is 5.11 Å². The zero-order valence-corrected chi connectivity index (χ0v) is 11.2. The van der Waals surface area contributed by atoms with Gasteiger partial charge in [-0.3, -0.25) is 0 Å². The zero-order chi connectivity index (χ0) is 13.7. The Balaban J connectivity index is 2.13. The summed E-state index contributed by atoms with van der Waals surface area (Å²) in [5.41, 5.74) is 10.2. The largest absolute Gasteiger partial charge is 0.392 e. The predicted octanol–water partition coefficient (Wildman–Crippen LogP) is 2.27. The molecule has 2 aromatic carbocycles. The molecule has 0 unspecified atom stereocenters. The maximum Gasteiger partial charge on any atom is 0.0681 e. The van der Waals surface area contributed by atoms with Crippen molar-refractivity contribution in [1.82, 2.24) is 0 Å². The molecular formula is C16H20N2O. The lowest BCUT2D eigenvalue weighted by atomic mass is 10.1. The minimum absolute atomic E-state index is 0.0894. The molecule has 0 atom stereocenters. The highest BCUT2D eigenvalue weighted by atomic mass is 16.3. The van der Waals surface area contributed by atoms with Crippen LogP contribution in [0.4, 0.5) is 5.69 Å². The number of aliphatic hydroxyl groups excluding tert-OH is 1. The molecule has 100 valence electrons. The molecule has 3 N–H and O–H groups in total. The molecular weight excluding hydrogens is 236 g/mol. The van der Waals surface area contributed by atoms with E-state index in [1.165, 1.54) is 5.56 Å². The molecule has 0 aliphatic carbocycles. The van der Waals surface area contributed by atoms with Gasteiger partial charge in [-0.1, -0.05) is 42.5 Å². The average molecular weight is 256 g/mol. The smallest absolute Gasteiger partial charge is 0.0681 e. The van der Waals surface area contributed by atoms with Gasteiger partial charge >= 0.3 is 0 Å². The first-order valence-corrected chi connectivity index (χ1v) is 6.42. The molecule has 2 rings (SSSR count). The van der Waals surface area contributed by atoms with Crippen LogP contribution in [-0.2, 0) is 19.7 Å². The minimum atomic E-state index is 0.0894. The zero-order valence-electron chi connectivity index (χ0n) is 11.2. The number of hydrogen-bond acceptors (Lipinski definition) is 3. The van der Waals surface area contributed by atoms with Gasteiger partial charge in [-0.25, -0.2) is 0 Å². The van der Waals surface area contributed by atoms with E-state index in [-0.39, 0.29) is 6.61 Å². The fourth-order valence-electron chi connectivity index (χ4n) is 2.16. The molecule has 2 aromatic rings. The Labute approximate surface area is 114 Å². The number of para-hydroxylation sites is 1. The van der Waals surface area contributed by atoms with Gasteiger partial charge in [-0.15, -0.1) is 0 Å². The number of benzene rings is 2. The van der Waals surface area contributed by atoms with Gasteiger partial charge in [0.15, 0.2) is 0 Å². The van der Waals surface area contributed by atoms with Gasteiger partial charge < -0.3 is 15.7 Å². The average Bonchev–Trinajstić information content (AvgIpc) is 2.48. The number of hydrogen-bond donors (Lipinski definition) is 2. The van der Waals surface area contributed by atoms with Crippen LogP contribution >= 0.6 is 0 Å². The molecule has 0 amide bonds. The van der Waals surface area contributed by atoms with Gasteiger partial charge in [-0.05, 0) is 22.8 Å². The summed E-state index contributed by atoms with van der Waals surface area (Å²) >= 11 is 0. The van der Waals surface area contributed by atoms with Gasteiger partial charge in [0.2, 0.25) is 0 Å². The molecule has 0 heterocycles. The second kappa shape index (κ2) is 6.36. The van der Waals surface area contributed by atoms with Crippen molar-refractivity contribution in [2.75, 3.05) is 11.9 Å². The lowest BCUT2D eigenvalue weighted by molar-refractivity contribution is 0.282. The Hall–Kier alpha value is -1.84. The van der Waals surface area contributed by atoms with Crippen molar-refractivity contribution in [2.45, 2.75) is 19.7 Å². The van der Waals surface area contributed by atoms with Crippen LogP contribution < -0.4 is 10.6 Å². The summed E-state index contributed by atoms with van der Waals surface area (Å²) in [5.74, 6) is 0. The lowest BCUT2D eigenvalue weighted by Gasteiger charge is -2.22. The van der Waals surface area contributed by atoms with Crippen LogP contribution in [0.5, 0.6) is 0 Å². The van der Waals surface area contributed by atoms with Crippen molar-refractivity contribution in [3.8, 4) is 0 Å². The Morgan fingerprint density at radius 2 is 1.63 bits per heavy atom. The minimum Gasteiger partial charge on any atom is -0.392 e. The van der Waals surface area contributed by atoms with E-state index in [0.717, 1.165) is 23.4 Å². The van der Waals surface area contributed by atoms with Crippen LogP contribution in [0.3, 0.4) is 0 Å². The van der Waals surface area contributed by atoms with Crippen LogP contribution in [0.25, 0.3) is 0 Å². The lowest BCUT2D eigenvalue weighted by Crippen LogP contribution is -2.18. The van der Waals surface area contributed by atoms with Gasteiger partial charge in [0.05, 0.1) is 6.61 Å². The van der Waals surface area contributed by atoms with Crippen LogP contribution in [0.15, 0.2) is 48.5 Å². The summed E-state index contributed by atoms with van der Waals surface area (Å²) in [6, 6.07) is 16.2. The normalized spacial score (nSPS) is 10.5. The first kappa shape index (κ1) is 13.6. The number of nitrogens with two attached hydrogens (primary N) is 1. The van der Waals surface area contributed by atoms with Crippen molar-refractivity contribution in [1.29, 1.82) is 0 Å². The molecule has 0 saturated carbocycles. The molecule has 0 aromatic heterocycles. The fourth-order valence-corrected chi connectivity index (χ4v) is 2.16. The van der Waals surface area contributed by atoms with Crippen molar-refractivity contribution in [3.63, 3.8) is 0 Å². The van der Waals surface area contributed by atoms with E-state index < -0.39 is 0 Å². The summed E-state index contributed by atoms with van der Waals surface area (Å²) < 4.78 is 0. The van der Waals surface area contributed by atoms with E-state index in [9.17, 15) is 0 Å². The van der Waals surface area contributed by atoms with E-state index in [2.05, 4.69) is 24.1 Å². The van der Waals surface area contributed by atoms with Gasteiger partial charge in [-0.2, -0.15) is 0 Å². The van der Waals surface area contributed by atoms with Gasteiger partial charge in [0, 0.05) is 25.8 Å². The Morgan fingerprint density at radius 1 is 1.00 bits per heavy atom. The molecule has 0 radical (unpaired) electrons. The summed E-state index contributed by atoms with van der Waals surface area (Å²) in [5, 5.41) is 9.03. The number of nitrogens with zero attached hydrogens (tertiary/aromatic N) is 1. The standard InChI is InChI=1S/C16H20N2O/c1-18(16-5-3-2-4-15(16)10-17)11-13-6-8-14(12-19)9-7-13/h2-9,19H,10-12,17H2,1H3. The molecule has 3 heteroatoms. The molecule has 0 spiro atoms. The Bertz CT molecular complexity index is 523. The Kier molecular flexibility index (Phi) is 4.55. The Morgan fingerprint density at radius 3 is 2.26 bits per heavy atom. The second-order valence-electron chi connectivity index (χ2n) is 4.66.